The van der Waals surface area contributed by atoms with E-state index in [9.17, 15) is 4.79 Å². The average molecular weight is 284 g/mol. The summed E-state index contributed by atoms with van der Waals surface area (Å²) in [6.07, 6.45) is 3.57. The third kappa shape index (κ3) is 4.72. The molecule has 2 aliphatic rings. The Balaban J connectivity index is 1.63. The first-order valence-corrected chi connectivity index (χ1v) is 7.81. The molecule has 2 unspecified atom stereocenters. The van der Waals surface area contributed by atoms with E-state index in [1.807, 2.05) is 0 Å². The normalized spacial score (nSPS) is 30.1. The van der Waals surface area contributed by atoms with Crippen molar-refractivity contribution in [3.8, 4) is 0 Å². The highest BCUT2D eigenvalue weighted by molar-refractivity contribution is 5.76. The smallest absolute Gasteiger partial charge is 0.221 e. The van der Waals surface area contributed by atoms with Crippen molar-refractivity contribution in [1.29, 1.82) is 0 Å². The van der Waals surface area contributed by atoms with Crippen LogP contribution in [0.1, 0.15) is 39.5 Å². The number of hydrogen-bond acceptors (Lipinski definition) is 4. The van der Waals surface area contributed by atoms with Crippen LogP contribution in [0.2, 0.25) is 0 Å². The molecule has 20 heavy (non-hydrogen) atoms. The van der Waals surface area contributed by atoms with Crippen molar-refractivity contribution in [1.82, 2.24) is 10.6 Å². The minimum absolute atomic E-state index is 0.0597. The molecule has 0 aromatic rings. The highest BCUT2D eigenvalue weighted by Gasteiger charge is 2.40. The summed E-state index contributed by atoms with van der Waals surface area (Å²) < 4.78 is 11.4. The van der Waals surface area contributed by atoms with Crippen LogP contribution in [-0.2, 0) is 14.3 Å². The summed E-state index contributed by atoms with van der Waals surface area (Å²) in [4.78, 5) is 11.6. The second-order valence-electron chi connectivity index (χ2n) is 6.43. The van der Waals surface area contributed by atoms with Crippen LogP contribution in [0.25, 0.3) is 0 Å². The Labute approximate surface area is 121 Å². The molecule has 0 saturated carbocycles. The molecule has 5 nitrogen and oxygen atoms in total. The summed E-state index contributed by atoms with van der Waals surface area (Å²) in [5.74, 6) is 0.641. The number of rotatable bonds is 6. The van der Waals surface area contributed by atoms with Crippen LogP contribution in [0, 0.1) is 5.92 Å². The molecule has 116 valence electrons. The van der Waals surface area contributed by atoms with Crippen LogP contribution < -0.4 is 10.6 Å². The highest BCUT2D eigenvalue weighted by atomic mass is 16.6. The van der Waals surface area contributed by atoms with Crippen LogP contribution in [-0.4, -0.2) is 50.5 Å². The number of carbonyl (C=O) groups excluding carboxylic acids is 1. The molecule has 0 aromatic heterocycles. The van der Waals surface area contributed by atoms with Crippen molar-refractivity contribution in [2.75, 3.05) is 32.9 Å². The first kappa shape index (κ1) is 15.7. The Morgan fingerprint density at radius 3 is 2.95 bits per heavy atom. The predicted molar refractivity (Wildman–Crippen MR) is 77.6 cm³/mol. The standard InChI is InChI=1S/C15H28N2O3/c1-12(2)10-17-14(18)3-6-16-13-4-7-20-15(9-13)5-8-19-11-15/h12-13,16H,3-11H2,1-2H3,(H,17,18). The maximum absolute atomic E-state index is 11.6. The summed E-state index contributed by atoms with van der Waals surface area (Å²) in [5.41, 5.74) is -0.0597. The predicted octanol–water partition coefficient (Wildman–Crippen LogP) is 1.08. The lowest BCUT2D eigenvalue weighted by atomic mass is 9.89. The Hall–Kier alpha value is -0.650. The zero-order valence-corrected chi connectivity index (χ0v) is 12.7. The molecule has 0 aliphatic carbocycles. The van der Waals surface area contributed by atoms with Crippen molar-refractivity contribution in [3.63, 3.8) is 0 Å². The van der Waals surface area contributed by atoms with Gasteiger partial charge in [-0.1, -0.05) is 13.8 Å². The second kappa shape index (κ2) is 7.38. The van der Waals surface area contributed by atoms with E-state index in [0.29, 0.717) is 18.4 Å². The molecule has 2 aliphatic heterocycles. The molecular weight excluding hydrogens is 256 g/mol. The fourth-order valence-electron chi connectivity index (χ4n) is 2.86. The number of carbonyl (C=O) groups is 1. The van der Waals surface area contributed by atoms with Gasteiger partial charge in [0.1, 0.15) is 0 Å². The Kier molecular flexibility index (Phi) is 5.81. The Bertz CT molecular complexity index is 314. The maximum atomic E-state index is 11.6. The largest absolute Gasteiger partial charge is 0.378 e. The lowest BCUT2D eigenvalue weighted by molar-refractivity contribution is -0.121. The van der Waals surface area contributed by atoms with Gasteiger partial charge in [-0.25, -0.2) is 0 Å². The van der Waals surface area contributed by atoms with Gasteiger partial charge in [0.25, 0.3) is 0 Å². The Morgan fingerprint density at radius 1 is 1.40 bits per heavy atom. The van der Waals surface area contributed by atoms with Gasteiger partial charge < -0.3 is 20.1 Å². The third-order valence-electron chi connectivity index (χ3n) is 4.05. The van der Waals surface area contributed by atoms with E-state index in [-0.39, 0.29) is 11.5 Å². The van der Waals surface area contributed by atoms with Crippen LogP contribution in [0.3, 0.4) is 0 Å². The van der Waals surface area contributed by atoms with E-state index < -0.39 is 0 Å². The number of ether oxygens (including phenoxy) is 2. The average Bonchev–Trinajstić information content (AvgIpc) is 2.84. The van der Waals surface area contributed by atoms with Gasteiger partial charge >= 0.3 is 0 Å². The minimum atomic E-state index is -0.0597. The van der Waals surface area contributed by atoms with E-state index in [2.05, 4.69) is 24.5 Å². The quantitative estimate of drug-likeness (QED) is 0.766. The topological polar surface area (TPSA) is 59.6 Å². The Morgan fingerprint density at radius 2 is 2.25 bits per heavy atom. The molecule has 2 rings (SSSR count). The molecule has 0 aromatic carbocycles. The van der Waals surface area contributed by atoms with Gasteiger partial charge in [-0.3, -0.25) is 4.79 Å². The van der Waals surface area contributed by atoms with E-state index >= 15 is 0 Å². The summed E-state index contributed by atoms with van der Waals surface area (Å²) in [5, 5.41) is 6.44. The summed E-state index contributed by atoms with van der Waals surface area (Å²) >= 11 is 0. The summed E-state index contributed by atoms with van der Waals surface area (Å²) in [6, 6.07) is 0.448. The van der Waals surface area contributed by atoms with Gasteiger partial charge in [0.15, 0.2) is 0 Å². The van der Waals surface area contributed by atoms with Gasteiger partial charge in [-0.05, 0) is 18.8 Å². The minimum Gasteiger partial charge on any atom is -0.378 e. The van der Waals surface area contributed by atoms with Gasteiger partial charge in [0.2, 0.25) is 5.91 Å². The molecule has 0 radical (unpaired) electrons. The molecule has 2 saturated heterocycles. The molecule has 1 amide bonds. The molecule has 2 N–H and O–H groups in total. The van der Waals surface area contributed by atoms with Crippen molar-refractivity contribution >= 4 is 5.91 Å². The molecule has 5 heteroatoms. The fraction of sp³-hybridized carbons (Fsp3) is 0.933. The SMILES string of the molecule is CC(C)CNC(=O)CCNC1CCOC2(CCOC2)C1. The number of hydrogen-bond donors (Lipinski definition) is 2. The van der Waals surface area contributed by atoms with Gasteiger partial charge in [-0.2, -0.15) is 0 Å². The molecular formula is C15H28N2O3. The zero-order chi connectivity index (χ0) is 14.4. The highest BCUT2D eigenvalue weighted by Crippen LogP contribution is 2.32. The first-order valence-electron chi connectivity index (χ1n) is 7.81. The molecule has 0 bridgehead atoms. The van der Waals surface area contributed by atoms with Gasteiger partial charge in [0.05, 0.1) is 12.2 Å². The molecule has 2 fully saturated rings. The van der Waals surface area contributed by atoms with Crippen molar-refractivity contribution in [2.45, 2.75) is 51.2 Å². The van der Waals surface area contributed by atoms with E-state index in [0.717, 1.165) is 52.2 Å². The van der Waals surface area contributed by atoms with Crippen LogP contribution in [0.15, 0.2) is 0 Å². The third-order valence-corrected chi connectivity index (χ3v) is 4.05. The monoisotopic (exact) mass is 284 g/mol. The van der Waals surface area contributed by atoms with E-state index in [4.69, 9.17) is 9.47 Å². The van der Waals surface area contributed by atoms with Gasteiger partial charge in [-0.15, -0.1) is 0 Å². The lowest BCUT2D eigenvalue weighted by Gasteiger charge is -2.37. The molecule has 1 spiro atoms. The number of nitrogens with one attached hydrogen (secondary N) is 2. The van der Waals surface area contributed by atoms with E-state index in [1.165, 1.54) is 0 Å². The van der Waals surface area contributed by atoms with E-state index in [1.54, 1.807) is 0 Å². The van der Waals surface area contributed by atoms with Crippen LogP contribution in [0.4, 0.5) is 0 Å². The first-order chi connectivity index (χ1) is 9.60. The fourth-order valence-corrected chi connectivity index (χ4v) is 2.86. The summed E-state index contributed by atoms with van der Waals surface area (Å²) in [6.45, 7) is 8.03. The van der Waals surface area contributed by atoms with Crippen molar-refractivity contribution in [2.24, 2.45) is 5.92 Å². The second-order valence-corrected chi connectivity index (χ2v) is 6.43. The molecule has 2 heterocycles. The summed E-state index contributed by atoms with van der Waals surface area (Å²) in [7, 11) is 0. The van der Waals surface area contributed by atoms with Crippen LogP contribution in [0.5, 0.6) is 0 Å². The van der Waals surface area contributed by atoms with Crippen molar-refractivity contribution < 1.29 is 14.3 Å². The molecule has 2 atom stereocenters. The maximum Gasteiger partial charge on any atom is 0.221 e. The van der Waals surface area contributed by atoms with Gasteiger partial charge in [0, 0.05) is 45.2 Å². The lowest BCUT2D eigenvalue weighted by Crippen LogP contribution is -2.48. The van der Waals surface area contributed by atoms with Crippen LogP contribution >= 0.6 is 0 Å². The van der Waals surface area contributed by atoms with Crippen molar-refractivity contribution in [3.05, 3.63) is 0 Å². The zero-order valence-electron chi connectivity index (χ0n) is 12.7. The number of amides is 1.